The summed E-state index contributed by atoms with van der Waals surface area (Å²) in [5.74, 6) is 2.32. The van der Waals surface area contributed by atoms with Gasteiger partial charge in [0.25, 0.3) is 0 Å². The lowest BCUT2D eigenvalue weighted by Crippen LogP contribution is -2.52. The van der Waals surface area contributed by atoms with E-state index in [-0.39, 0.29) is 21.4 Å². The third kappa shape index (κ3) is 1.98. The summed E-state index contributed by atoms with van der Waals surface area (Å²) in [6.07, 6.45) is 7.64. The number of rotatable bonds is 0. The second-order valence-corrected chi connectivity index (χ2v) is 9.76. The predicted octanol–water partition coefficient (Wildman–Crippen LogP) is 4.63. The van der Waals surface area contributed by atoms with Crippen molar-refractivity contribution >= 4 is 27.5 Å². The van der Waals surface area contributed by atoms with Gasteiger partial charge >= 0.3 is 0 Å². The topological polar surface area (TPSA) is 34.1 Å². The molecule has 3 saturated carbocycles. The van der Waals surface area contributed by atoms with Gasteiger partial charge in [-0.05, 0) is 66.9 Å². The molecule has 0 saturated heterocycles. The lowest BCUT2D eigenvalue weighted by molar-refractivity contribution is -0.131. The van der Waals surface area contributed by atoms with Crippen molar-refractivity contribution in [2.24, 2.45) is 28.6 Å². The van der Waals surface area contributed by atoms with E-state index in [1.807, 2.05) is 6.08 Å². The molecule has 0 aromatic rings. The zero-order valence-corrected chi connectivity index (χ0v) is 15.6. The maximum absolute atomic E-state index is 12.5. The molecule has 4 aliphatic carbocycles. The maximum atomic E-state index is 12.5. The first kappa shape index (κ1) is 15.8. The molecule has 124 valence electrons. The number of Topliss-reactive ketones (excluding diaryl/α,β-unsaturated/α-hetero) is 1. The van der Waals surface area contributed by atoms with Gasteiger partial charge in [-0.25, -0.2) is 0 Å². The molecule has 0 aromatic carbocycles. The second-order valence-electron chi connectivity index (χ2n) is 8.65. The summed E-state index contributed by atoms with van der Waals surface area (Å²) >= 11 is 3.59. The van der Waals surface area contributed by atoms with Crippen LogP contribution in [0.3, 0.4) is 0 Å². The van der Waals surface area contributed by atoms with Crippen LogP contribution in [0.25, 0.3) is 0 Å². The average Bonchev–Trinajstić information content (AvgIpc) is 2.78. The van der Waals surface area contributed by atoms with Crippen molar-refractivity contribution in [2.75, 3.05) is 0 Å². The molecule has 0 aromatic heterocycles. The van der Waals surface area contributed by atoms with Gasteiger partial charge in [0.2, 0.25) is 0 Å². The first-order valence-corrected chi connectivity index (χ1v) is 9.80. The minimum Gasteiger partial charge on any atom is -0.299 e. The van der Waals surface area contributed by atoms with Crippen LogP contribution in [0.15, 0.2) is 23.8 Å². The Balaban J connectivity index is 1.77. The number of alkyl halides is 1. The molecule has 0 spiro atoms. The van der Waals surface area contributed by atoms with E-state index in [9.17, 15) is 9.59 Å². The lowest BCUT2D eigenvalue weighted by Gasteiger charge is -2.57. The number of hydrogen-bond acceptors (Lipinski definition) is 2. The van der Waals surface area contributed by atoms with Gasteiger partial charge in [0.15, 0.2) is 5.78 Å². The van der Waals surface area contributed by atoms with E-state index in [0.717, 1.165) is 44.1 Å². The molecule has 3 fully saturated rings. The number of fused-ring (bicyclic) bond motifs is 5. The molecule has 0 bridgehead atoms. The molecular weight excluding hydrogens is 352 g/mol. The van der Waals surface area contributed by atoms with E-state index in [0.29, 0.717) is 23.5 Å². The Bertz CT molecular complexity index is 648. The Morgan fingerprint density at radius 3 is 2.61 bits per heavy atom. The zero-order valence-electron chi connectivity index (χ0n) is 14.0. The van der Waals surface area contributed by atoms with Crippen molar-refractivity contribution in [1.29, 1.82) is 0 Å². The SMILES string of the molecule is C=C1C[C@@H]2[C@@H](CC[C@]3(C)C(=O)CC[C@@H]23)[C@@]2(C)CC(Br)C(=O)C=C12. The van der Waals surface area contributed by atoms with Crippen LogP contribution in [0.2, 0.25) is 0 Å². The summed E-state index contributed by atoms with van der Waals surface area (Å²) in [7, 11) is 0. The molecule has 0 aliphatic heterocycles. The Morgan fingerprint density at radius 2 is 1.87 bits per heavy atom. The van der Waals surface area contributed by atoms with Crippen LogP contribution in [-0.2, 0) is 9.59 Å². The number of carbonyl (C=O) groups is 2. The highest BCUT2D eigenvalue weighted by Gasteiger charge is 2.60. The van der Waals surface area contributed by atoms with E-state index in [1.54, 1.807) is 0 Å². The summed E-state index contributed by atoms with van der Waals surface area (Å²) in [6.45, 7) is 8.87. The van der Waals surface area contributed by atoms with Gasteiger partial charge in [-0.15, -0.1) is 0 Å². The van der Waals surface area contributed by atoms with Crippen LogP contribution in [-0.4, -0.2) is 16.4 Å². The Hall–Kier alpha value is -0.700. The van der Waals surface area contributed by atoms with Crippen LogP contribution in [0.4, 0.5) is 0 Å². The quantitative estimate of drug-likeness (QED) is 0.577. The summed E-state index contributed by atoms with van der Waals surface area (Å²) < 4.78 is 0. The third-order valence-corrected chi connectivity index (χ3v) is 8.42. The predicted molar refractivity (Wildman–Crippen MR) is 94.3 cm³/mol. The molecule has 6 atom stereocenters. The van der Waals surface area contributed by atoms with Gasteiger partial charge in [0.05, 0.1) is 4.83 Å². The normalized spacial score (nSPS) is 49.3. The van der Waals surface area contributed by atoms with Crippen molar-refractivity contribution in [2.45, 2.75) is 57.2 Å². The summed E-state index contributed by atoms with van der Waals surface area (Å²) in [4.78, 5) is 24.6. The van der Waals surface area contributed by atoms with Gasteiger partial charge in [-0.2, -0.15) is 0 Å². The summed E-state index contributed by atoms with van der Waals surface area (Å²) in [5, 5.41) is 0. The minimum absolute atomic E-state index is 0.0368. The number of halogens is 1. The fourth-order valence-electron chi connectivity index (χ4n) is 6.37. The van der Waals surface area contributed by atoms with E-state index in [2.05, 4.69) is 36.4 Å². The maximum Gasteiger partial charge on any atom is 0.169 e. The van der Waals surface area contributed by atoms with Crippen molar-refractivity contribution in [1.82, 2.24) is 0 Å². The van der Waals surface area contributed by atoms with Gasteiger partial charge in [-0.1, -0.05) is 41.9 Å². The molecule has 4 rings (SSSR count). The molecule has 0 N–H and O–H groups in total. The summed E-state index contributed by atoms with van der Waals surface area (Å²) in [5.41, 5.74) is 2.28. The van der Waals surface area contributed by atoms with Crippen molar-refractivity contribution < 1.29 is 9.59 Å². The molecule has 4 aliphatic rings. The standard InChI is InChI=1S/C20H25BrO2/c1-11-8-12-13-4-5-18(23)19(13,2)7-6-14(12)20(3)10-16(21)17(22)9-15(11)20/h9,12-14,16H,1,4-8,10H2,2-3H3/t12-,13-,14+,16?,19-,20+/m0/s1. The number of hydrogen-bond donors (Lipinski definition) is 0. The molecule has 0 heterocycles. The third-order valence-electron chi connectivity index (χ3n) is 7.64. The fourth-order valence-corrected chi connectivity index (χ4v) is 7.17. The number of ketones is 2. The highest BCUT2D eigenvalue weighted by Crippen LogP contribution is 2.65. The smallest absolute Gasteiger partial charge is 0.169 e. The molecule has 0 radical (unpaired) electrons. The minimum atomic E-state index is -0.0999. The monoisotopic (exact) mass is 376 g/mol. The first-order valence-electron chi connectivity index (χ1n) is 8.89. The van der Waals surface area contributed by atoms with Gasteiger partial charge in [-0.3, -0.25) is 9.59 Å². The Morgan fingerprint density at radius 1 is 1.17 bits per heavy atom. The highest BCUT2D eigenvalue weighted by atomic mass is 79.9. The first-order chi connectivity index (χ1) is 10.8. The lowest BCUT2D eigenvalue weighted by atomic mass is 9.47. The van der Waals surface area contributed by atoms with Crippen LogP contribution in [0, 0.1) is 28.6 Å². The van der Waals surface area contributed by atoms with Crippen LogP contribution in [0.5, 0.6) is 0 Å². The van der Waals surface area contributed by atoms with E-state index in [4.69, 9.17) is 0 Å². The zero-order chi connectivity index (χ0) is 16.6. The Kier molecular flexibility index (Phi) is 3.37. The number of carbonyl (C=O) groups excluding carboxylic acids is 2. The molecule has 0 amide bonds. The van der Waals surface area contributed by atoms with Crippen LogP contribution >= 0.6 is 15.9 Å². The van der Waals surface area contributed by atoms with Crippen LogP contribution in [0.1, 0.15) is 52.4 Å². The largest absolute Gasteiger partial charge is 0.299 e. The molecular formula is C20H25BrO2. The second kappa shape index (κ2) is 4.91. The summed E-state index contributed by atoms with van der Waals surface area (Å²) in [6, 6.07) is 0. The average molecular weight is 377 g/mol. The highest BCUT2D eigenvalue weighted by molar-refractivity contribution is 9.10. The number of allylic oxidation sites excluding steroid dienone is 2. The van der Waals surface area contributed by atoms with Crippen LogP contribution < -0.4 is 0 Å². The van der Waals surface area contributed by atoms with Crippen molar-refractivity contribution in [3.8, 4) is 0 Å². The van der Waals surface area contributed by atoms with E-state index in [1.165, 1.54) is 5.57 Å². The van der Waals surface area contributed by atoms with Gasteiger partial charge in [0, 0.05) is 11.8 Å². The van der Waals surface area contributed by atoms with E-state index >= 15 is 0 Å². The van der Waals surface area contributed by atoms with Gasteiger partial charge < -0.3 is 0 Å². The molecule has 1 unspecified atom stereocenters. The van der Waals surface area contributed by atoms with Crippen molar-refractivity contribution in [3.63, 3.8) is 0 Å². The molecule has 2 nitrogen and oxygen atoms in total. The van der Waals surface area contributed by atoms with Gasteiger partial charge in [0.1, 0.15) is 5.78 Å². The van der Waals surface area contributed by atoms with E-state index < -0.39 is 0 Å². The molecule has 3 heteroatoms. The Labute approximate surface area is 146 Å². The van der Waals surface area contributed by atoms with Crippen molar-refractivity contribution in [3.05, 3.63) is 23.8 Å². The molecule has 23 heavy (non-hydrogen) atoms. The fraction of sp³-hybridized carbons (Fsp3) is 0.700.